The highest BCUT2D eigenvalue weighted by Gasteiger charge is 2.18. The third kappa shape index (κ3) is 4.83. The standard InChI is InChI=1S/C23H30N2O3/c26-23(24-15-19-8-6-14-27-19)17-28-22-11-10-18-7-2-3-9-20(18)21(22)16-25-12-4-1-5-13-25/h2-3,7,9-11,19H,1,4-6,8,12-17H2,(H,24,26)/t19-/m1/s1. The number of amides is 1. The van der Waals surface area contributed by atoms with Gasteiger partial charge < -0.3 is 14.8 Å². The van der Waals surface area contributed by atoms with E-state index in [1.807, 2.05) is 6.07 Å². The van der Waals surface area contributed by atoms with Crippen LogP contribution >= 0.6 is 0 Å². The van der Waals surface area contributed by atoms with Crippen molar-refractivity contribution in [3.8, 4) is 5.75 Å². The summed E-state index contributed by atoms with van der Waals surface area (Å²) in [6, 6.07) is 12.5. The molecule has 0 aliphatic carbocycles. The molecule has 0 spiro atoms. The maximum atomic E-state index is 12.2. The highest BCUT2D eigenvalue weighted by Crippen LogP contribution is 2.30. The molecule has 2 saturated heterocycles. The van der Waals surface area contributed by atoms with Crippen LogP contribution in [0.25, 0.3) is 10.8 Å². The molecule has 2 aliphatic rings. The number of carbonyl (C=O) groups excluding carboxylic acids is 1. The van der Waals surface area contributed by atoms with E-state index in [4.69, 9.17) is 9.47 Å². The SMILES string of the molecule is O=C(COc1ccc2ccccc2c1CN1CCCCC1)NC[C@H]1CCCO1. The minimum Gasteiger partial charge on any atom is -0.483 e. The number of fused-ring (bicyclic) bond motifs is 1. The van der Waals surface area contributed by atoms with Gasteiger partial charge in [0.05, 0.1) is 6.10 Å². The summed E-state index contributed by atoms with van der Waals surface area (Å²) < 4.78 is 11.5. The number of nitrogens with zero attached hydrogens (tertiary/aromatic N) is 1. The summed E-state index contributed by atoms with van der Waals surface area (Å²) in [5, 5.41) is 5.36. The molecular formula is C23H30N2O3. The van der Waals surface area contributed by atoms with E-state index in [-0.39, 0.29) is 18.6 Å². The monoisotopic (exact) mass is 382 g/mol. The van der Waals surface area contributed by atoms with Crippen LogP contribution in [0.4, 0.5) is 0 Å². The summed E-state index contributed by atoms with van der Waals surface area (Å²) in [7, 11) is 0. The lowest BCUT2D eigenvalue weighted by Gasteiger charge is -2.27. The minimum absolute atomic E-state index is 0.0397. The van der Waals surface area contributed by atoms with E-state index in [1.54, 1.807) is 0 Å². The molecule has 5 nitrogen and oxygen atoms in total. The first-order valence-electron chi connectivity index (χ1n) is 10.5. The van der Waals surface area contributed by atoms with Crippen LogP contribution in [-0.2, 0) is 16.1 Å². The third-order valence-electron chi connectivity index (χ3n) is 5.74. The zero-order valence-corrected chi connectivity index (χ0v) is 16.5. The van der Waals surface area contributed by atoms with Gasteiger partial charge in [-0.1, -0.05) is 36.8 Å². The highest BCUT2D eigenvalue weighted by molar-refractivity contribution is 5.88. The van der Waals surface area contributed by atoms with Crippen LogP contribution in [0.2, 0.25) is 0 Å². The van der Waals surface area contributed by atoms with Crippen LogP contribution in [0.15, 0.2) is 36.4 Å². The minimum atomic E-state index is -0.0902. The van der Waals surface area contributed by atoms with Crippen molar-refractivity contribution in [2.75, 3.05) is 32.8 Å². The van der Waals surface area contributed by atoms with Crippen molar-refractivity contribution in [3.05, 3.63) is 42.0 Å². The maximum absolute atomic E-state index is 12.2. The fourth-order valence-corrected chi connectivity index (χ4v) is 4.18. The maximum Gasteiger partial charge on any atom is 0.258 e. The lowest BCUT2D eigenvalue weighted by atomic mass is 10.0. The summed E-state index contributed by atoms with van der Waals surface area (Å²) in [5.74, 6) is 0.726. The predicted molar refractivity (Wildman–Crippen MR) is 111 cm³/mol. The molecule has 4 rings (SSSR count). The van der Waals surface area contributed by atoms with Gasteiger partial charge in [0.2, 0.25) is 0 Å². The lowest BCUT2D eigenvalue weighted by Crippen LogP contribution is -2.35. The fraction of sp³-hybridized carbons (Fsp3) is 0.522. The van der Waals surface area contributed by atoms with Gasteiger partial charge in [-0.15, -0.1) is 0 Å². The molecule has 0 bridgehead atoms. The van der Waals surface area contributed by atoms with Crippen molar-refractivity contribution in [3.63, 3.8) is 0 Å². The third-order valence-corrected chi connectivity index (χ3v) is 5.74. The second-order valence-electron chi connectivity index (χ2n) is 7.83. The first kappa shape index (κ1) is 19.2. The number of benzene rings is 2. The lowest BCUT2D eigenvalue weighted by molar-refractivity contribution is -0.123. The van der Waals surface area contributed by atoms with Gasteiger partial charge in [0.25, 0.3) is 5.91 Å². The van der Waals surface area contributed by atoms with Crippen LogP contribution in [0.5, 0.6) is 5.75 Å². The molecule has 28 heavy (non-hydrogen) atoms. The molecule has 1 atom stereocenters. The van der Waals surface area contributed by atoms with Crippen molar-refractivity contribution in [1.82, 2.24) is 10.2 Å². The Balaban J connectivity index is 1.44. The molecule has 1 amide bonds. The quantitative estimate of drug-likeness (QED) is 0.796. The molecule has 2 fully saturated rings. The smallest absolute Gasteiger partial charge is 0.258 e. The Bertz CT molecular complexity index is 796. The molecule has 2 aromatic rings. The Labute approximate surface area is 167 Å². The molecule has 5 heteroatoms. The molecule has 2 aromatic carbocycles. The zero-order chi connectivity index (χ0) is 19.2. The van der Waals surface area contributed by atoms with Gasteiger partial charge in [-0.2, -0.15) is 0 Å². The van der Waals surface area contributed by atoms with Gasteiger partial charge in [-0.25, -0.2) is 0 Å². The molecule has 1 N–H and O–H groups in total. The van der Waals surface area contributed by atoms with E-state index in [9.17, 15) is 4.79 Å². The first-order chi connectivity index (χ1) is 13.8. The normalized spacial score (nSPS) is 20.4. The molecule has 2 aliphatic heterocycles. The predicted octanol–water partition coefficient (Wildman–Crippen LogP) is 3.50. The average Bonchev–Trinajstić information content (AvgIpc) is 3.26. The largest absolute Gasteiger partial charge is 0.483 e. The van der Waals surface area contributed by atoms with Gasteiger partial charge in [0.1, 0.15) is 5.75 Å². The fourth-order valence-electron chi connectivity index (χ4n) is 4.18. The number of piperidine rings is 1. The van der Waals surface area contributed by atoms with Gasteiger partial charge in [0, 0.05) is 25.3 Å². The number of ether oxygens (including phenoxy) is 2. The summed E-state index contributed by atoms with van der Waals surface area (Å²) >= 11 is 0. The number of carbonyl (C=O) groups is 1. The molecule has 0 saturated carbocycles. The van der Waals surface area contributed by atoms with Gasteiger partial charge in [-0.3, -0.25) is 9.69 Å². The van der Waals surface area contributed by atoms with E-state index in [0.717, 1.165) is 44.8 Å². The molecule has 0 aromatic heterocycles. The topological polar surface area (TPSA) is 50.8 Å². The second-order valence-corrected chi connectivity index (χ2v) is 7.83. The average molecular weight is 383 g/mol. The van der Waals surface area contributed by atoms with Gasteiger partial charge >= 0.3 is 0 Å². The molecule has 2 heterocycles. The van der Waals surface area contributed by atoms with Crippen LogP contribution < -0.4 is 10.1 Å². The van der Waals surface area contributed by atoms with Crippen molar-refractivity contribution in [1.29, 1.82) is 0 Å². The first-order valence-corrected chi connectivity index (χ1v) is 10.5. The van der Waals surface area contributed by atoms with E-state index in [0.29, 0.717) is 6.54 Å². The van der Waals surface area contributed by atoms with Gasteiger partial charge in [-0.05, 0) is 55.6 Å². The van der Waals surface area contributed by atoms with Gasteiger partial charge in [0.15, 0.2) is 6.61 Å². The Morgan fingerprint density at radius 2 is 1.96 bits per heavy atom. The van der Waals surface area contributed by atoms with Crippen LogP contribution in [0.3, 0.4) is 0 Å². The van der Waals surface area contributed by atoms with E-state index in [1.165, 1.54) is 35.6 Å². The summed E-state index contributed by atoms with van der Waals surface area (Å²) in [6.45, 7) is 4.54. The molecular weight excluding hydrogens is 352 g/mol. The molecule has 0 unspecified atom stereocenters. The Hall–Kier alpha value is -2.11. The van der Waals surface area contributed by atoms with E-state index < -0.39 is 0 Å². The Morgan fingerprint density at radius 1 is 1.11 bits per heavy atom. The van der Waals surface area contributed by atoms with Crippen molar-refractivity contribution >= 4 is 16.7 Å². The van der Waals surface area contributed by atoms with Crippen LogP contribution in [-0.4, -0.2) is 49.8 Å². The number of rotatable bonds is 7. The highest BCUT2D eigenvalue weighted by atomic mass is 16.5. The number of likely N-dealkylation sites (tertiary alicyclic amines) is 1. The van der Waals surface area contributed by atoms with E-state index >= 15 is 0 Å². The summed E-state index contributed by atoms with van der Waals surface area (Å²) in [6.07, 6.45) is 6.08. The van der Waals surface area contributed by atoms with Crippen LogP contribution in [0, 0.1) is 0 Å². The Morgan fingerprint density at radius 3 is 2.79 bits per heavy atom. The van der Waals surface area contributed by atoms with E-state index in [2.05, 4.69) is 40.5 Å². The Kier molecular flexibility index (Phi) is 6.45. The number of nitrogens with one attached hydrogen (secondary N) is 1. The summed E-state index contributed by atoms with van der Waals surface area (Å²) in [4.78, 5) is 14.7. The zero-order valence-electron chi connectivity index (χ0n) is 16.5. The summed E-state index contributed by atoms with van der Waals surface area (Å²) in [5.41, 5.74) is 1.19. The van der Waals surface area contributed by atoms with Crippen molar-refractivity contribution in [2.45, 2.75) is 44.8 Å². The van der Waals surface area contributed by atoms with Crippen molar-refractivity contribution < 1.29 is 14.3 Å². The molecule has 150 valence electrons. The second kappa shape index (κ2) is 9.39. The van der Waals surface area contributed by atoms with Crippen LogP contribution in [0.1, 0.15) is 37.7 Å². The number of hydrogen-bond donors (Lipinski definition) is 1. The molecule has 0 radical (unpaired) electrons. The number of hydrogen-bond acceptors (Lipinski definition) is 4. The van der Waals surface area contributed by atoms with Crippen molar-refractivity contribution in [2.24, 2.45) is 0 Å².